The number of fused-ring (bicyclic) bond motifs is 1. The van der Waals surface area contributed by atoms with E-state index in [0.717, 1.165) is 0 Å². The Kier molecular flexibility index (Phi) is 3.50. The van der Waals surface area contributed by atoms with Crippen LogP contribution in [0.3, 0.4) is 0 Å². The van der Waals surface area contributed by atoms with Gasteiger partial charge in [-0.15, -0.1) is 0 Å². The van der Waals surface area contributed by atoms with Gasteiger partial charge >= 0.3 is 0 Å². The van der Waals surface area contributed by atoms with Crippen molar-refractivity contribution in [3.8, 4) is 11.5 Å². The van der Waals surface area contributed by atoms with Crippen LogP contribution < -0.4 is 15.2 Å². The average Bonchev–Trinajstić information content (AvgIpc) is 2.36. The summed E-state index contributed by atoms with van der Waals surface area (Å²) >= 11 is 0. The first-order valence-corrected chi connectivity index (χ1v) is 5.87. The molecule has 102 valence electrons. The van der Waals surface area contributed by atoms with E-state index in [2.05, 4.69) is 10.0 Å². The molecule has 0 aliphatic carbocycles. The number of benzene rings is 1. The van der Waals surface area contributed by atoms with Crippen molar-refractivity contribution in [2.75, 3.05) is 13.2 Å². The highest BCUT2D eigenvalue weighted by Crippen LogP contribution is 2.41. The highest BCUT2D eigenvalue weighted by Gasteiger charge is 2.34. The van der Waals surface area contributed by atoms with Gasteiger partial charge in [-0.1, -0.05) is 5.11 Å². The summed E-state index contributed by atoms with van der Waals surface area (Å²) in [6.07, 6.45) is 0. The average molecular weight is 266 g/mol. The zero-order valence-corrected chi connectivity index (χ0v) is 10.8. The van der Waals surface area contributed by atoms with Crippen molar-refractivity contribution in [1.29, 1.82) is 0 Å². The standard InChI is InChI=1S/C12H15FN4O2/c1-7(14)9-3-8(13)4-10-11(9)19-12(2,6-18-10)5-16-17-15/h3-4,7H,5-6,14H2,1-2H3/t7-,12?/m1/s1. The summed E-state index contributed by atoms with van der Waals surface area (Å²) in [6, 6.07) is 2.19. The minimum atomic E-state index is -0.777. The maximum Gasteiger partial charge on any atom is 0.167 e. The normalized spacial score (nSPS) is 22.5. The van der Waals surface area contributed by atoms with E-state index in [-0.39, 0.29) is 13.2 Å². The third-order valence-electron chi connectivity index (χ3n) is 2.89. The minimum absolute atomic E-state index is 0.124. The van der Waals surface area contributed by atoms with E-state index in [0.29, 0.717) is 17.1 Å². The van der Waals surface area contributed by atoms with Crippen LogP contribution in [0.5, 0.6) is 11.5 Å². The molecule has 1 unspecified atom stereocenters. The fraction of sp³-hybridized carbons (Fsp3) is 0.500. The molecular formula is C12H15FN4O2. The molecule has 0 saturated heterocycles. The SMILES string of the molecule is C[C@@H](N)c1cc(F)cc2c1OC(C)(CN=[N+]=[N-])CO2. The molecular weight excluding hydrogens is 251 g/mol. The third-order valence-corrected chi connectivity index (χ3v) is 2.89. The molecule has 1 heterocycles. The summed E-state index contributed by atoms with van der Waals surface area (Å²) in [5.74, 6) is 0.317. The molecule has 7 heteroatoms. The second-order valence-corrected chi connectivity index (χ2v) is 4.84. The van der Waals surface area contributed by atoms with Gasteiger partial charge in [-0.25, -0.2) is 4.39 Å². The van der Waals surface area contributed by atoms with Gasteiger partial charge in [-0.2, -0.15) is 0 Å². The van der Waals surface area contributed by atoms with Crippen LogP contribution in [-0.4, -0.2) is 18.8 Å². The van der Waals surface area contributed by atoms with Crippen molar-refractivity contribution in [1.82, 2.24) is 0 Å². The molecule has 2 N–H and O–H groups in total. The van der Waals surface area contributed by atoms with Crippen LogP contribution in [0.4, 0.5) is 4.39 Å². The smallest absolute Gasteiger partial charge is 0.167 e. The largest absolute Gasteiger partial charge is 0.485 e. The van der Waals surface area contributed by atoms with Crippen molar-refractivity contribution in [3.05, 3.63) is 34.0 Å². The van der Waals surface area contributed by atoms with Gasteiger partial charge in [0.1, 0.15) is 18.0 Å². The fourth-order valence-electron chi connectivity index (χ4n) is 1.91. The highest BCUT2D eigenvalue weighted by molar-refractivity contribution is 5.50. The van der Waals surface area contributed by atoms with E-state index in [4.69, 9.17) is 20.7 Å². The molecule has 1 aliphatic heterocycles. The lowest BCUT2D eigenvalue weighted by atomic mass is 10.0. The zero-order chi connectivity index (χ0) is 14.0. The van der Waals surface area contributed by atoms with Crippen molar-refractivity contribution in [2.45, 2.75) is 25.5 Å². The number of nitrogens with two attached hydrogens (primary N) is 1. The Balaban J connectivity index is 2.40. The Bertz CT molecular complexity index is 543. The Morgan fingerprint density at radius 2 is 2.37 bits per heavy atom. The number of halogens is 1. The van der Waals surface area contributed by atoms with Gasteiger partial charge in [0.15, 0.2) is 11.5 Å². The number of hydrogen-bond donors (Lipinski definition) is 1. The van der Waals surface area contributed by atoms with Gasteiger partial charge in [-0.3, -0.25) is 0 Å². The molecule has 19 heavy (non-hydrogen) atoms. The molecule has 2 rings (SSSR count). The van der Waals surface area contributed by atoms with Crippen LogP contribution in [0.25, 0.3) is 10.4 Å². The predicted molar refractivity (Wildman–Crippen MR) is 67.5 cm³/mol. The lowest BCUT2D eigenvalue weighted by Gasteiger charge is -2.36. The molecule has 1 aromatic rings. The zero-order valence-electron chi connectivity index (χ0n) is 10.8. The Hall–Kier alpha value is -1.98. The van der Waals surface area contributed by atoms with Crippen molar-refractivity contribution in [2.24, 2.45) is 10.8 Å². The van der Waals surface area contributed by atoms with E-state index in [1.165, 1.54) is 12.1 Å². The number of nitrogens with zero attached hydrogens (tertiary/aromatic N) is 3. The van der Waals surface area contributed by atoms with Gasteiger partial charge in [0, 0.05) is 22.6 Å². The lowest BCUT2D eigenvalue weighted by molar-refractivity contribution is 0.0119. The van der Waals surface area contributed by atoms with Crippen molar-refractivity contribution in [3.63, 3.8) is 0 Å². The molecule has 0 amide bonds. The monoisotopic (exact) mass is 266 g/mol. The van der Waals surface area contributed by atoms with Gasteiger partial charge in [-0.05, 0) is 25.4 Å². The van der Waals surface area contributed by atoms with Crippen molar-refractivity contribution >= 4 is 0 Å². The summed E-state index contributed by atoms with van der Waals surface area (Å²) in [6.45, 7) is 3.80. The first kappa shape index (κ1) is 13.5. The van der Waals surface area contributed by atoms with E-state index < -0.39 is 17.5 Å². The second-order valence-electron chi connectivity index (χ2n) is 4.84. The quantitative estimate of drug-likeness (QED) is 0.517. The highest BCUT2D eigenvalue weighted by atomic mass is 19.1. The van der Waals surface area contributed by atoms with Gasteiger partial charge < -0.3 is 15.2 Å². The van der Waals surface area contributed by atoms with Gasteiger partial charge in [0.25, 0.3) is 0 Å². The fourth-order valence-corrected chi connectivity index (χ4v) is 1.91. The molecule has 0 radical (unpaired) electrons. The molecule has 0 fully saturated rings. The van der Waals surface area contributed by atoms with Crippen molar-refractivity contribution < 1.29 is 13.9 Å². The van der Waals surface area contributed by atoms with Crippen LogP contribution >= 0.6 is 0 Å². The predicted octanol–water partition coefficient (Wildman–Crippen LogP) is 2.69. The van der Waals surface area contributed by atoms with Crippen LogP contribution in [0.2, 0.25) is 0 Å². The van der Waals surface area contributed by atoms with Crippen LogP contribution in [0.15, 0.2) is 17.2 Å². The number of rotatable bonds is 3. The maximum atomic E-state index is 13.5. The summed E-state index contributed by atoms with van der Waals surface area (Å²) < 4.78 is 24.8. The van der Waals surface area contributed by atoms with E-state index in [1.54, 1.807) is 13.8 Å². The summed E-state index contributed by atoms with van der Waals surface area (Å²) in [5.41, 5.74) is 13.9. The molecule has 0 bridgehead atoms. The minimum Gasteiger partial charge on any atom is -0.485 e. The van der Waals surface area contributed by atoms with Crippen LogP contribution in [0, 0.1) is 5.82 Å². The van der Waals surface area contributed by atoms with E-state index in [9.17, 15) is 4.39 Å². The number of ether oxygens (including phenoxy) is 2. The van der Waals surface area contributed by atoms with E-state index >= 15 is 0 Å². The lowest BCUT2D eigenvalue weighted by Crippen LogP contribution is -2.45. The first-order valence-electron chi connectivity index (χ1n) is 5.87. The Morgan fingerprint density at radius 1 is 1.63 bits per heavy atom. The Labute approximate surface area is 109 Å². The maximum absolute atomic E-state index is 13.5. The summed E-state index contributed by atoms with van der Waals surface area (Å²) in [7, 11) is 0. The Morgan fingerprint density at radius 3 is 3.00 bits per heavy atom. The molecule has 1 aromatic carbocycles. The number of azide groups is 1. The molecule has 0 saturated carbocycles. The summed E-state index contributed by atoms with van der Waals surface area (Å²) in [4.78, 5) is 2.71. The first-order chi connectivity index (χ1) is 8.95. The molecule has 0 aromatic heterocycles. The second kappa shape index (κ2) is 4.95. The molecule has 1 aliphatic rings. The van der Waals surface area contributed by atoms with Crippen LogP contribution in [-0.2, 0) is 0 Å². The molecule has 2 atom stereocenters. The molecule has 0 spiro atoms. The van der Waals surface area contributed by atoms with Crippen LogP contribution in [0.1, 0.15) is 25.5 Å². The van der Waals surface area contributed by atoms with Gasteiger partial charge in [0.05, 0.1) is 6.54 Å². The molecule has 6 nitrogen and oxygen atoms in total. The van der Waals surface area contributed by atoms with E-state index in [1.807, 2.05) is 0 Å². The number of hydrogen-bond acceptors (Lipinski definition) is 4. The van der Waals surface area contributed by atoms with Gasteiger partial charge in [0.2, 0.25) is 0 Å². The topological polar surface area (TPSA) is 93.2 Å². The summed E-state index contributed by atoms with van der Waals surface area (Å²) in [5, 5.41) is 3.50. The third kappa shape index (κ3) is 2.72.